The van der Waals surface area contributed by atoms with Gasteiger partial charge in [-0.05, 0) is 61.7 Å². The van der Waals surface area contributed by atoms with Crippen LogP contribution in [0.15, 0.2) is 50.5 Å². The molecule has 13 heteroatoms. The number of amides is 1. The van der Waals surface area contributed by atoms with Crippen molar-refractivity contribution in [2.45, 2.75) is 83.0 Å². The number of hydrogen-bond acceptors (Lipinski definition) is 7. The van der Waals surface area contributed by atoms with E-state index in [-0.39, 0.29) is 29.4 Å². The normalized spacial score (nSPS) is 26.9. The van der Waals surface area contributed by atoms with Crippen molar-refractivity contribution in [3.05, 3.63) is 45.5 Å². The van der Waals surface area contributed by atoms with Crippen LogP contribution in [0.25, 0.3) is 0 Å². The molecule has 0 aromatic carbocycles. The predicted molar refractivity (Wildman–Crippen MR) is 157 cm³/mol. The van der Waals surface area contributed by atoms with Crippen molar-refractivity contribution in [1.82, 2.24) is 14.7 Å². The first-order valence-electron chi connectivity index (χ1n) is 15.4. The topological polar surface area (TPSA) is 98.2 Å². The molecule has 1 amide bonds. The lowest BCUT2D eigenvalue weighted by Crippen LogP contribution is -2.54. The molecule has 0 spiro atoms. The largest absolute Gasteiger partial charge is 0.422 e. The standard InChI is InChI=1S/C31H41F5N6O2/c1-3-19-7-8-21(30(2,32)33)17-39-29(19)41-13-11-40(12-14-41)27(20-5-4-6-20)24-18-42(15-16-44-24)23-10-9-22(26(23)37)25(28(38)43)31(34,35)36/h8,17,23-24,37H,3-7,9-16,18H2,1-2H3,(H2,38,43)/b25-22+,37-26?. The maximum atomic E-state index is 14.0. The predicted octanol–water partition coefficient (Wildman–Crippen LogP) is 4.95. The molecule has 0 bridgehead atoms. The van der Waals surface area contributed by atoms with Gasteiger partial charge in [-0.15, -0.1) is 0 Å². The highest BCUT2D eigenvalue weighted by Crippen LogP contribution is 2.38. The molecule has 0 radical (unpaired) electrons. The number of allylic oxidation sites excluding steroid dienone is 4. The summed E-state index contributed by atoms with van der Waals surface area (Å²) in [5, 5.41) is 8.58. The number of nitrogens with one attached hydrogen (secondary N) is 1. The Morgan fingerprint density at radius 1 is 1.11 bits per heavy atom. The van der Waals surface area contributed by atoms with Crippen LogP contribution in [0.5, 0.6) is 0 Å². The molecule has 2 saturated carbocycles. The van der Waals surface area contributed by atoms with Gasteiger partial charge in [0.05, 0.1) is 18.4 Å². The molecule has 5 aliphatic rings. The molecule has 2 aliphatic carbocycles. The maximum Gasteiger partial charge on any atom is 0.422 e. The van der Waals surface area contributed by atoms with Gasteiger partial charge in [-0.25, -0.2) is 13.8 Å². The third-order valence-electron chi connectivity index (χ3n) is 9.38. The van der Waals surface area contributed by atoms with Crippen molar-refractivity contribution < 1.29 is 31.5 Å². The van der Waals surface area contributed by atoms with E-state index in [0.717, 1.165) is 43.3 Å². The second-order valence-electron chi connectivity index (χ2n) is 12.1. The van der Waals surface area contributed by atoms with Gasteiger partial charge in [0.1, 0.15) is 17.5 Å². The van der Waals surface area contributed by atoms with E-state index in [1.54, 1.807) is 6.08 Å². The van der Waals surface area contributed by atoms with E-state index in [2.05, 4.69) is 14.8 Å². The molecule has 242 valence electrons. The van der Waals surface area contributed by atoms with Crippen molar-refractivity contribution in [2.75, 3.05) is 45.9 Å². The van der Waals surface area contributed by atoms with Gasteiger partial charge in [0.25, 0.3) is 11.8 Å². The Hall–Kier alpha value is -3.06. The zero-order valence-electron chi connectivity index (χ0n) is 25.3. The Balaban J connectivity index is 1.29. The van der Waals surface area contributed by atoms with Crippen LogP contribution in [0, 0.1) is 5.41 Å². The van der Waals surface area contributed by atoms with Gasteiger partial charge in [-0.1, -0.05) is 13.0 Å². The van der Waals surface area contributed by atoms with Gasteiger partial charge in [-0.3, -0.25) is 9.69 Å². The molecule has 2 saturated heterocycles. The first kappa shape index (κ1) is 32.3. The zero-order chi connectivity index (χ0) is 31.8. The number of nitrogens with zero attached hydrogens (tertiary/aromatic N) is 4. The molecule has 2 atom stereocenters. The number of carbonyl (C=O) groups is 1. The summed E-state index contributed by atoms with van der Waals surface area (Å²) in [5.74, 6) is -3.74. The molecule has 44 heavy (non-hydrogen) atoms. The van der Waals surface area contributed by atoms with Crippen molar-refractivity contribution in [3.63, 3.8) is 0 Å². The Labute approximate surface area is 254 Å². The second kappa shape index (κ2) is 12.7. The Kier molecular flexibility index (Phi) is 9.36. The fraction of sp³-hybridized carbons (Fsp3) is 0.645. The summed E-state index contributed by atoms with van der Waals surface area (Å²) < 4.78 is 75.1. The van der Waals surface area contributed by atoms with E-state index in [1.807, 2.05) is 11.8 Å². The number of halogens is 5. The van der Waals surface area contributed by atoms with Crippen molar-refractivity contribution in [1.29, 1.82) is 5.41 Å². The van der Waals surface area contributed by atoms with Gasteiger partial charge < -0.3 is 25.7 Å². The SMILES string of the molecule is CCC1=C(N2CCN(C(=C3CCC3)C3CN(C4CC/C(=C(/C(N)=O)C(F)(F)F)C4=N)CCO3)CC2)N=CC(C(C)(F)F)=CC1. The molecule has 3 heterocycles. The molecular weight excluding hydrogens is 583 g/mol. The van der Waals surface area contributed by atoms with Crippen LogP contribution >= 0.6 is 0 Å². The van der Waals surface area contributed by atoms with E-state index >= 15 is 0 Å². The average Bonchev–Trinajstić information content (AvgIpc) is 3.15. The van der Waals surface area contributed by atoms with Crippen LogP contribution in [-0.2, 0) is 9.53 Å². The molecule has 0 aromatic rings. The average molecular weight is 625 g/mol. The summed E-state index contributed by atoms with van der Waals surface area (Å²) in [6, 6.07) is -0.543. The zero-order valence-corrected chi connectivity index (χ0v) is 25.3. The number of primary amides is 1. The van der Waals surface area contributed by atoms with Crippen molar-refractivity contribution in [3.8, 4) is 0 Å². The molecular formula is C31H41F5N6O2. The van der Waals surface area contributed by atoms with Gasteiger partial charge in [-0.2, -0.15) is 13.2 Å². The first-order chi connectivity index (χ1) is 20.8. The van der Waals surface area contributed by atoms with Crippen LogP contribution in [-0.4, -0.2) is 103 Å². The number of hydrogen-bond donors (Lipinski definition) is 2. The lowest BCUT2D eigenvalue weighted by atomic mass is 9.87. The molecule has 3 N–H and O–H groups in total. The first-order valence-corrected chi connectivity index (χ1v) is 15.4. The number of carbonyl (C=O) groups excluding carboxylic acids is 1. The molecule has 3 aliphatic heterocycles. The summed E-state index contributed by atoms with van der Waals surface area (Å²) >= 11 is 0. The monoisotopic (exact) mass is 624 g/mol. The van der Waals surface area contributed by atoms with Crippen LogP contribution < -0.4 is 5.73 Å². The highest BCUT2D eigenvalue weighted by Gasteiger charge is 2.45. The van der Waals surface area contributed by atoms with Crippen LogP contribution in [0.3, 0.4) is 0 Å². The second-order valence-corrected chi connectivity index (χ2v) is 12.1. The number of morpholine rings is 1. The maximum absolute atomic E-state index is 14.0. The van der Waals surface area contributed by atoms with Crippen LogP contribution in [0.2, 0.25) is 0 Å². The van der Waals surface area contributed by atoms with E-state index in [0.29, 0.717) is 65.1 Å². The van der Waals surface area contributed by atoms with Gasteiger partial charge in [0, 0.05) is 63.7 Å². The molecule has 2 unspecified atom stereocenters. The lowest BCUT2D eigenvalue weighted by molar-refractivity contribution is -0.128. The van der Waals surface area contributed by atoms with Crippen molar-refractivity contribution in [2.24, 2.45) is 10.7 Å². The number of aliphatic imine (C=N–C) groups is 1. The Bertz CT molecular complexity index is 1310. The lowest BCUT2D eigenvalue weighted by Gasteiger charge is -2.45. The summed E-state index contributed by atoms with van der Waals surface area (Å²) in [6.07, 6.45) is 2.11. The number of ether oxygens (including phenoxy) is 1. The number of piperazine rings is 1. The summed E-state index contributed by atoms with van der Waals surface area (Å²) in [7, 11) is 0. The minimum atomic E-state index is -4.91. The minimum absolute atomic E-state index is 0.0236. The number of nitrogens with two attached hydrogens (primary N) is 1. The summed E-state index contributed by atoms with van der Waals surface area (Å²) in [5.41, 5.74) is 6.57. The fourth-order valence-electron chi connectivity index (χ4n) is 6.89. The summed E-state index contributed by atoms with van der Waals surface area (Å²) in [6.45, 7) is 6.90. The Morgan fingerprint density at radius 3 is 2.39 bits per heavy atom. The van der Waals surface area contributed by atoms with E-state index < -0.39 is 29.6 Å². The van der Waals surface area contributed by atoms with Gasteiger partial charge in [0.15, 0.2) is 0 Å². The van der Waals surface area contributed by atoms with Crippen molar-refractivity contribution >= 4 is 17.8 Å². The highest BCUT2D eigenvalue weighted by atomic mass is 19.4. The molecule has 5 rings (SSSR count). The molecule has 8 nitrogen and oxygen atoms in total. The van der Waals surface area contributed by atoms with E-state index in [1.165, 1.54) is 11.8 Å². The van der Waals surface area contributed by atoms with E-state index in [4.69, 9.17) is 15.9 Å². The molecule has 4 fully saturated rings. The number of alkyl halides is 5. The van der Waals surface area contributed by atoms with E-state index in [9.17, 15) is 26.7 Å². The third kappa shape index (κ3) is 6.63. The van der Waals surface area contributed by atoms with Crippen LogP contribution in [0.4, 0.5) is 22.0 Å². The smallest absolute Gasteiger partial charge is 0.369 e. The van der Waals surface area contributed by atoms with Crippen LogP contribution in [0.1, 0.15) is 58.8 Å². The fourth-order valence-corrected chi connectivity index (χ4v) is 6.89. The Morgan fingerprint density at radius 2 is 1.82 bits per heavy atom. The third-order valence-corrected chi connectivity index (χ3v) is 9.38. The number of rotatable bonds is 7. The minimum Gasteiger partial charge on any atom is -0.369 e. The highest BCUT2D eigenvalue weighted by molar-refractivity contribution is 6.10. The van der Waals surface area contributed by atoms with Gasteiger partial charge >= 0.3 is 6.18 Å². The van der Waals surface area contributed by atoms with Gasteiger partial charge in [0.2, 0.25) is 0 Å². The quantitative estimate of drug-likeness (QED) is 0.309. The molecule has 0 aromatic heterocycles. The summed E-state index contributed by atoms with van der Waals surface area (Å²) in [4.78, 5) is 22.7.